The van der Waals surface area contributed by atoms with Crippen molar-refractivity contribution in [3.05, 3.63) is 60.2 Å². The van der Waals surface area contributed by atoms with Crippen LogP contribution in [0.4, 0.5) is 5.82 Å². The Morgan fingerprint density at radius 3 is 2.45 bits per heavy atom. The largest absolute Gasteiger partial charge is 0.497 e. The Bertz CT molecular complexity index is 1240. The molecule has 31 heavy (non-hydrogen) atoms. The molecule has 0 radical (unpaired) electrons. The van der Waals surface area contributed by atoms with Crippen molar-refractivity contribution in [3.8, 4) is 23.0 Å². The number of nitrogens with one attached hydrogen (secondary N) is 1. The highest BCUT2D eigenvalue weighted by Gasteiger charge is 2.40. The zero-order valence-corrected chi connectivity index (χ0v) is 17.0. The van der Waals surface area contributed by atoms with Crippen LogP contribution in [0.5, 0.6) is 23.0 Å². The van der Waals surface area contributed by atoms with Crippen LogP contribution in [0.3, 0.4) is 0 Å². The van der Waals surface area contributed by atoms with Crippen LogP contribution in [0.2, 0.25) is 0 Å². The number of ether oxygens (including phenoxy) is 4. The lowest BCUT2D eigenvalue weighted by atomic mass is 9.89. The molecule has 4 aromatic rings. The number of nitrogen functional groups attached to an aromatic ring is 1. The van der Waals surface area contributed by atoms with Crippen molar-refractivity contribution in [1.82, 2.24) is 19.9 Å². The molecular formula is C22H21N5O4. The van der Waals surface area contributed by atoms with Crippen molar-refractivity contribution in [2.45, 2.75) is 12.0 Å². The van der Waals surface area contributed by atoms with E-state index < -0.39 is 0 Å². The number of nitrogens with zero attached hydrogens (tertiary/aromatic N) is 3. The number of imidazole rings is 1. The minimum absolute atomic E-state index is 0.00163. The molecule has 0 amide bonds. The van der Waals surface area contributed by atoms with Gasteiger partial charge in [-0.3, -0.25) is 0 Å². The molecule has 2 aliphatic rings. The lowest BCUT2D eigenvalue weighted by Crippen LogP contribution is -2.23. The zero-order valence-electron chi connectivity index (χ0n) is 17.0. The SMILES string of the molecule is COc1ccc2c(c1)OC1c3ccc(OC)cc3OCC21.Nc1ncnc2nc[nH]c12. The fourth-order valence-electron chi connectivity index (χ4n) is 3.85. The molecule has 2 unspecified atom stereocenters. The van der Waals surface area contributed by atoms with Crippen LogP contribution in [-0.2, 0) is 0 Å². The van der Waals surface area contributed by atoms with Crippen molar-refractivity contribution < 1.29 is 18.9 Å². The number of aromatic nitrogens is 4. The van der Waals surface area contributed by atoms with Gasteiger partial charge in [0.1, 0.15) is 40.9 Å². The molecule has 0 spiro atoms. The Balaban J connectivity index is 0.000000171. The van der Waals surface area contributed by atoms with Crippen LogP contribution in [-0.4, -0.2) is 40.8 Å². The molecule has 4 heterocycles. The summed E-state index contributed by atoms with van der Waals surface area (Å²) in [6, 6.07) is 11.9. The number of methoxy groups -OCH3 is 2. The standard InChI is InChI=1S/C17H16O4.C5H5N5/c1-18-10-4-6-13-15(7-10)20-9-14-12-5-3-11(19-2)8-16(12)21-17(13)14;6-4-3-5(9-1-7-3)10-2-8-4/h3-8,14,17H,9H2,1-2H3;1-2H,(H3,6,7,8,9,10). The molecule has 158 valence electrons. The second-order valence-corrected chi connectivity index (χ2v) is 7.12. The van der Waals surface area contributed by atoms with Gasteiger partial charge in [-0.25, -0.2) is 15.0 Å². The molecule has 0 aliphatic carbocycles. The first-order chi connectivity index (χ1) is 15.2. The summed E-state index contributed by atoms with van der Waals surface area (Å²) in [6.07, 6.45) is 2.93. The first-order valence-electron chi connectivity index (χ1n) is 9.73. The van der Waals surface area contributed by atoms with E-state index >= 15 is 0 Å². The molecule has 2 aromatic heterocycles. The van der Waals surface area contributed by atoms with E-state index in [-0.39, 0.29) is 12.0 Å². The van der Waals surface area contributed by atoms with Gasteiger partial charge < -0.3 is 29.7 Å². The number of anilines is 1. The Morgan fingerprint density at radius 2 is 1.71 bits per heavy atom. The summed E-state index contributed by atoms with van der Waals surface area (Å²) in [6.45, 7) is 0.615. The van der Waals surface area contributed by atoms with Gasteiger partial charge in [0, 0.05) is 23.3 Å². The maximum Gasteiger partial charge on any atom is 0.182 e. The zero-order chi connectivity index (χ0) is 21.4. The molecule has 2 atom stereocenters. The lowest BCUT2D eigenvalue weighted by molar-refractivity contribution is 0.139. The van der Waals surface area contributed by atoms with Gasteiger partial charge in [0.15, 0.2) is 11.5 Å². The number of hydrogen-bond donors (Lipinski definition) is 2. The van der Waals surface area contributed by atoms with Crippen molar-refractivity contribution in [2.24, 2.45) is 0 Å². The highest BCUT2D eigenvalue weighted by atomic mass is 16.5. The highest BCUT2D eigenvalue weighted by Crippen LogP contribution is 2.52. The van der Waals surface area contributed by atoms with Gasteiger partial charge in [-0.1, -0.05) is 6.07 Å². The second-order valence-electron chi connectivity index (χ2n) is 7.12. The maximum absolute atomic E-state index is 6.15. The number of fused-ring (bicyclic) bond motifs is 6. The molecule has 6 rings (SSSR count). The Labute approximate surface area is 178 Å². The molecular weight excluding hydrogens is 398 g/mol. The average Bonchev–Trinajstić information content (AvgIpc) is 3.44. The normalized spacial score (nSPS) is 17.9. The fourth-order valence-corrected chi connectivity index (χ4v) is 3.85. The van der Waals surface area contributed by atoms with Crippen molar-refractivity contribution in [1.29, 1.82) is 0 Å². The summed E-state index contributed by atoms with van der Waals surface area (Å²) < 4.78 is 22.6. The van der Waals surface area contributed by atoms with E-state index in [2.05, 4.69) is 26.0 Å². The van der Waals surface area contributed by atoms with Crippen molar-refractivity contribution in [3.63, 3.8) is 0 Å². The van der Waals surface area contributed by atoms with Gasteiger partial charge in [0.2, 0.25) is 0 Å². The monoisotopic (exact) mass is 419 g/mol. The molecule has 3 N–H and O–H groups in total. The van der Waals surface area contributed by atoms with E-state index in [1.807, 2.05) is 30.3 Å². The third-order valence-electron chi connectivity index (χ3n) is 5.44. The molecule has 9 heteroatoms. The predicted molar refractivity (Wildman–Crippen MR) is 114 cm³/mol. The Morgan fingerprint density at radius 1 is 0.968 bits per heavy atom. The molecule has 9 nitrogen and oxygen atoms in total. The summed E-state index contributed by atoms with van der Waals surface area (Å²) >= 11 is 0. The molecule has 0 fully saturated rings. The number of hydrogen-bond acceptors (Lipinski definition) is 8. The average molecular weight is 419 g/mol. The van der Waals surface area contributed by atoms with Gasteiger partial charge in [0.25, 0.3) is 0 Å². The van der Waals surface area contributed by atoms with Crippen LogP contribution >= 0.6 is 0 Å². The van der Waals surface area contributed by atoms with E-state index in [0.29, 0.717) is 23.6 Å². The summed E-state index contributed by atoms with van der Waals surface area (Å²) in [5, 5.41) is 0. The molecule has 2 aliphatic heterocycles. The van der Waals surface area contributed by atoms with E-state index in [0.717, 1.165) is 28.6 Å². The number of rotatable bonds is 2. The minimum Gasteiger partial charge on any atom is -0.497 e. The topological polar surface area (TPSA) is 117 Å². The van der Waals surface area contributed by atoms with E-state index in [1.54, 1.807) is 14.2 Å². The van der Waals surface area contributed by atoms with Crippen molar-refractivity contribution >= 4 is 17.0 Å². The predicted octanol–water partition coefficient (Wildman–Crippen LogP) is 3.25. The maximum atomic E-state index is 6.15. The third kappa shape index (κ3) is 3.33. The quantitative estimate of drug-likeness (QED) is 0.508. The first-order valence-corrected chi connectivity index (χ1v) is 9.73. The van der Waals surface area contributed by atoms with E-state index in [1.165, 1.54) is 18.2 Å². The number of benzene rings is 2. The van der Waals surface area contributed by atoms with E-state index in [4.69, 9.17) is 24.7 Å². The van der Waals surface area contributed by atoms with Crippen LogP contribution < -0.4 is 24.7 Å². The smallest absolute Gasteiger partial charge is 0.182 e. The molecule has 0 saturated carbocycles. The lowest BCUT2D eigenvalue weighted by Gasteiger charge is -2.28. The van der Waals surface area contributed by atoms with Gasteiger partial charge in [0.05, 0.1) is 33.1 Å². The van der Waals surface area contributed by atoms with Gasteiger partial charge in [-0.05, 0) is 18.2 Å². The first kappa shape index (κ1) is 19.0. The van der Waals surface area contributed by atoms with Crippen LogP contribution in [0.15, 0.2) is 49.1 Å². The van der Waals surface area contributed by atoms with E-state index in [9.17, 15) is 0 Å². The minimum atomic E-state index is 0.00163. The number of H-pyrrole nitrogens is 1. The van der Waals surface area contributed by atoms with Gasteiger partial charge in [-0.2, -0.15) is 0 Å². The second kappa shape index (κ2) is 7.67. The highest BCUT2D eigenvalue weighted by molar-refractivity contribution is 5.80. The van der Waals surface area contributed by atoms with Crippen LogP contribution in [0.25, 0.3) is 11.2 Å². The summed E-state index contributed by atoms with van der Waals surface area (Å²) in [7, 11) is 3.32. The molecule has 0 saturated heterocycles. The molecule has 2 aromatic carbocycles. The number of nitrogens with two attached hydrogens (primary N) is 1. The van der Waals surface area contributed by atoms with Gasteiger partial charge in [-0.15, -0.1) is 0 Å². The fraction of sp³-hybridized carbons (Fsp3) is 0.227. The molecule has 0 bridgehead atoms. The third-order valence-corrected chi connectivity index (χ3v) is 5.44. The summed E-state index contributed by atoms with van der Waals surface area (Å²) in [4.78, 5) is 14.4. The summed E-state index contributed by atoms with van der Waals surface area (Å²) in [5.41, 5.74) is 9.03. The van der Waals surface area contributed by atoms with Crippen LogP contribution in [0, 0.1) is 0 Å². The van der Waals surface area contributed by atoms with Crippen molar-refractivity contribution in [2.75, 3.05) is 26.6 Å². The Hall–Kier alpha value is -4.01. The number of aromatic amines is 1. The van der Waals surface area contributed by atoms with Gasteiger partial charge >= 0.3 is 0 Å². The Kier molecular flexibility index (Phi) is 4.70. The van der Waals surface area contributed by atoms with Crippen LogP contribution in [0.1, 0.15) is 23.1 Å². The summed E-state index contributed by atoms with van der Waals surface area (Å²) in [5.74, 6) is 3.99.